The molecular formula is C24H26N4O2Si. The van der Waals surface area contributed by atoms with Crippen LogP contribution in [0.5, 0.6) is 5.75 Å². The maximum atomic E-state index is 13.4. The van der Waals surface area contributed by atoms with Gasteiger partial charge < -0.3 is 9.64 Å². The fraction of sp³-hybridized carbons (Fsp3) is 0.292. The molecule has 0 saturated carbocycles. The number of para-hydroxylation sites is 1. The van der Waals surface area contributed by atoms with Crippen LogP contribution in [0.3, 0.4) is 0 Å². The van der Waals surface area contributed by atoms with Crippen molar-refractivity contribution in [2.24, 2.45) is 0 Å². The van der Waals surface area contributed by atoms with Gasteiger partial charge in [-0.25, -0.2) is 9.67 Å². The predicted octanol–water partition coefficient (Wildman–Crippen LogP) is 4.23. The molecule has 1 aromatic heterocycles. The van der Waals surface area contributed by atoms with E-state index in [0.717, 1.165) is 22.7 Å². The first-order valence-electron chi connectivity index (χ1n) is 10.3. The highest BCUT2D eigenvalue weighted by Gasteiger charge is 2.29. The molecule has 6 nitrogen and oxygen atoms in total. The van der Waals surface area contributed by atoms with Crippen molar-refractivity contribution in [3.8, 4) is 22.9 Å². The molecule has 0 spiro atoms. The van der Waals surface area contributed by atoms with Crippen LogP contribution in [0.4, 0.5) is 5.69 Å². The van der Waals surface area contributed by atoms with Gasteiger partial charge in [0.25, 0.3) is 5.91 Å². The van der Waals surface area contributed by atoms with E-state index in [-0.39, 0.29) is 12.0 Å². The highest BCUT2D eigenvalue weighted by molar-refractivity contribution is 6.83. The molecule has 1 aliphatic rings. The van der Waals surface area contributed by atoms with Crippen molar-refractivity contribution in [3.05, 3.63) is 65.7 Å². The van der Waals surface area contributed by atoms with E-state index in [9.17, 15) is 4.79 Å². The number of aromatic nitrogens is 3. The average molecular weight is 431 g/mol. The lowest BCUT2D eigenvalue weighted by atomic mass is 10.1. The number of rotatable bonds is 2. The summed E-state index contributed by atoms with van der Waals surface area (Å²) in [6.07, 6.45) is 1.55. The van der Waals surface area contributed by atoms with Crippen molar-refractivity contribution < 1.29 is 9.53 Å². The lowest BCUT2D eigenvalue weighted by Crippen LogP contribution is -2.42. The Bertz CT molecular complexity index is 1200. The van der Waals surface area contributed by atoms with Gasteiger partial charge in [0.05, 0.1) is 17.9 Å². The standard InChI is InChI=1S/C24H26N4O2Si/c1-17-8-6-11-21-23(17)30-18(2)15-27(21)24(29)19-9-7-10-20(14-19)28-16-25-22(26-28)12-13-31(3,4)5/h6-11,14,16,18H,15H2,1-5H3/t18-/m0/s1. The number of nitrogens with zero attached hydrogens (tertiary/aromatic N) is 4. The third kappa shape index (κ3) is 4.54. The Morgan fingerprint density at radius 2 is 1.97 bits per heavy atom. The minimum atomic E-state index is -1.50. The Kier molecular flexibility index (Phi) is 5.42. The molecule has 2 aromatic carbocycles. The molecule has 7 heteroatoms. The third-order valence-corrected chi connectivity index (χ3v) is 5.76. The number of amides is 1. The van der Waals surface area contributed by atoms with Crippen molar-refractivity contribution in [1.29, 1.82) is 0 Å². The lowest BCUT2D eigenvalue weighted by Gasteiger charge is -2.34. The van der Waals surface area contributed by atoms with Crippen LogP contribution in [0.2, 0.25) is 19.6 Å². The number of hydrogen-bond donors (Lipinski definition) is 0. The molecule has 0 bridgehead atoms. The second-order valence-electron chi connectivity index (χ2n) is 8.83. The first-order valence-corrected chi connectivity index (χ1v) is 13.8. The molecule has 2 heterocycles. The van der Waals surface area contributed by atoms with Gasteiger partial charge in [-0.2, -0.15) is 0 Å². The van der Waals surface area contributed by atoms with E-state index in [4.69, 9.17) is 4.74 Å². The Balaban J connectivity index is 1.64. The molecule has 1 amide bonds. The zero-order chi connectivity index (χ0) is 22.2. The van der Waals surface area contributed by atoms with Gasteiger partial charge in [0, 0.05) is 5.56 Å². The molecule has 4 rings (SSSR count). The molecule has 1 aliphatic heterocycles. The fourth-order valence-corrected chi connectivity index (χ4v) is 3.90. The number of carbonyl (C=O) groups is 1. The summed E-state index contributed by atoms with van der Waals surface area (Å²) in [6.45, 7) is 11.0. The molecule has 0 fully saturated rings. The summed E-state index contributed by atoms with van der Waals surface area (Å²) in [5, 5.41) is 4.47. The van der Waals surface area contributed by atoms with Crippen molar-refractivity contribution in [1.82, 2.24) is 14.8 Å². The normalized spacial score (nSPS) is 15.5. The number of hydrogen-bond acceptors (Lipinski definition) is 4. The molecule has 31 heavy (non-hydrogen) atoms. The highest BCUT2D eigenvalue weighted by atomic mass is 28.3. The number of fused-ring (bicyclic) bond motifs is 1. The number of aryl methyl sites for hydroxylation is 1. The molecule has 0 unspecified atom stereocenters. The fourth-order valence-electron chi connectivity index (χ4n) is 3.41. The second-order valence-corrected chi connectivity index (χ2v) is 13.6. The molecule has 0 aliphatic carbocycles. The molecule has 0 N–H and O–H groups in total. The summed E-state index contributed by atoms with van der Waals surface area (Å²) in [5.74, 6) is 4.26. The number of benzene rings is 2. The minimum absolute atomic E-state index is 0.0669. The summed E-state index contributed by atoms with van der Waals surface area (Å²) in [7, 11) is -1.50. The van der Waals surface area contributed by atoms with E-state index >= 15 is 0 Å². The quantitative estimate of drug-likeness (QED) is 0.451. The molecule has 0 saturated heterocycles. The van der Waals surface area contributed by atoms with E-state index < -0.39 is 8.07 Å². The summed E-state index contributed by atoms with van der Waals surface area (Å²) in [6, 6.07) is 13.3. The van der Waals surface area contributed by atoms with Gasteiger partial charge >= 0.3 is 0 Å². The van der Waals surface area contributed by atoms with Crippen LogP contribution in [0.25, 0.3) is 5.69 Å². The largest absolute Gasteiger partial charge is 0.486 e. The van der Waals surface area contributed by atoms with E-state index in [2.05, 4.69) is 41.2 Å². The van der Waals surface area contributed by atoms with Gasteiger partial charge in [0.15, 0.2) is 0 Å². The van der Waals surface area contributed by atoms with Crippen LogP contribution in [0.1, 0.15) is 28.7 Å². The zero-order valence-corrected chi connectivity index (χ0v) is 19.5. The molecular weight excluding hydrogens is 404 g/mol. The molecule has 0 radical (unpaired) electrons. The van der Waals surface area contributed by atoms with Crippen LogP contribution >= 0.6 is 0 Å². The number of ether oxygens (including phenoxy) is 1. The second kappa shape index (κ2) is 8.04. The smallest absolute Gasteiger partial charge is 0.258 e. The maximum absolute atomic E-state index is 13.4. The van der Waals surface area contributed by atoms with Gasteiger partial charge in [0.2, 0.25) is 5.82 Å². The monoisotopic (exact) mass is 430 g/mol. The average Bonchev–Trinajstić information content (AvgIpc) is 3.21. The topological polar surface area (TPSA) is 60.2 Å². The van der Waals surface area contributed by atoms with Gasteiger partial charge in [-0.15, -0.1) is 10.6 Å². The van der Waals surface area contributed by atoms with Gasteiger partial charge in [-0.3, -0.25) is 4.79 Å². The Labute approximate surface area is 183 Å². The SMILES string of the molecule is Cc1cccc2c1O[C@@H](C)CN2C(=O)c1cccc(-n2cnc(C#C[Si](C)(C)C)n2)c1. The van der Waals surface area contributed by atoms with Crippen LogP contribution in [-0.4, -0.2) is 41.4 Å². The Morgan fingerprint density at radius 3 is 2.74 bits per heavy atom. The summed E-state index contributed by atoms with van der Waals surface area (Å²) < 4.78 is 7.65. The molecule has 158 valence electrons. The van der Waals surface area contributed by atoms with Crippen LogP contribution < -0.4 is 9.64 Å². The van der Waals surface area contributed by atoms with Gasteiger partial charge in [-0.1, -0.05) is 37.8 Å². The number of carbonyl (C=O) groups excluding carboxylic acids is 1. The van der Waals surface area contributed by atoms with Crippen molar-refractivity contribution in [2.45, 2.75) is 39.6 Å². The van der Waals surface area contributed by atoms with Crippen LogP contribution in [0.15, 0.2) is 48.8 Å². The number of anilines is 1. The first-order chi connectivity index (χ1) is 14.7. The minimum Gasteiger partial charge on any atom is -0.486 e. The highest BCUT2D eigenvalue weighted by Crippen LogP contribution is 2.37. The van der Waals surface area contributed by atoms with Crippen molar-refractivity contribution in [3.63, 3.8) is 0 Å². The lowest BCUT2D eigenvalue weighted by molar-refractivity contribution is 0.0961. The molecule has 3 aromatic rings. The summed E-state index contributed by atoms with van der Waals surface area (Å²) in [5.41, 5.74) is 6.45. The summed E-state index contributed by atoms with van der Waals surface area (Å²) >= 11 is 0. The first kappa shape index (κ1) is 20.9. The zero-order valence-electron chi connectivity index (χ0n) is 18.5. The van der Waals surface area contributed by atoms with E-state index in [0.29, 0.717) is 17.9 Å². The molecule has 1 atom stereocenters. The van der Waals surface area contributed by atoms with Crippen molar-refractivity contribution in [2.75, 3.05) is 11.4 Å². The van der Waals surface area contributed by atoms with E-state index in [1.54, 1.807) is 15.9 Å². The van der Waals surface area contributed by atoms with Crippen molar-refractivity contribution >= 4 is 19.7 Å². The van der Waals surface area contributed by atoms with Gasteiger partial charge in [0.1, 0.15) is 26.3 Å². The maximum Gasteiger partial charge on any atom is 0.258 e. The third-order valence-electron chi connectivity index (χ3n) is 4.88. The Hall–Kier alpha value is -3.37. The van der Waals surface area contributed by atoms with E-state index in [1.165, 1.54) is 0 Å². The Morgan fingerprint density at radius 1 is 1.19 bits per heavy atom. The predicted molar refractivity (Wildman–Crippen MR) is 125 cm³/mol. The van der Waals surface area contributed by atoms with E-state index in [1.807, 2.05) is 56.3 Å². The van der Waals surface area contributed by atoms with Crippen LogP contribution in [0, 0.1) is 18.4 Å². The van der Waals surface area contributed by atoms with Gasteiger partial charge in [-0.05, 0) is 49.6 Å². The van der Waals surface area contributed by atoms with Crippen LogP contribution in [-0.2, 0) is 0 Å². The summed E-state index contributed by atoms with van der Waals surface area (Å²) in [4.78, 5) is 19.5.